The maximum atomic E-state index is 13.0. The molecule has 1 saturated heterocycles. The number of aromatic nitrogens is 2. The van der Waals surface area contributed by atoms with Crippen molar-refractivity contribution in [2.24, 2.45) is 5.92 Å². The van der Waals surface area contributed by atoms with Gasteiger partial charge in [0.25, 0.3) is 0 Å². The Bertz CT molecular complexity index is 1160. The summed E-state index contributed by atoms with van der Waals surface area (Å²) in [6.07, 6.45) is 7.53. The topological polar surface area (TPSA) is 101 Å². The maximum absolute atomic E-state index is 13.0. The molecule has 1 saturated carbocycles. The highest BCUT2D eigenvalue weighted by molar-refractivity contribution is 7.91. The fraction of sp³-hybridized carbons (Fsp3) is 0.560. The molecule has 0 radical (unpaired) electrons. The van der Waals surface area contributed by atoms with Gasteiger partial charge in [0.1, 0.15) is 11.6 Å². The summed E-state index contributed by atoms with van der Waals surface area (Å²) in [5, 5.41) is 3.95. The average molecular weight is 521 g/mol. The lowest BCUT2D eigenvalue weighted by Crippen LogP contribution is -2.42. The maximum Gasteiger partial charge on any atom is 0.159 e. The van der Waals surface area contributed by atoms with E-state index < -0.39 is 21.0 Å². The highest BCUT2D eigenvalue weighted by Gasteiger charge is 2.53. The minimum atomic E-state index is -3.42. The molecule has 0 amide bonds. The van der Waals surface area contributed by atoms with Crippen molar-refractivity contribution in [3.8, 4) is 0 Å². The van der Waals surface area contributed by atoms with Crippen LogP contribution >= 0.6 is 11.6 Å². The van der Waals surface area contributed by atoms with Crippen LogP contribution in [0.4, 0.5) is 17.2 Å². The summed E-state index contributed by atoms with van der Waals surface area (Å²) in [5.74, 6) is 0.278. The fourth-order valence-electron chi connectivity index (χ4n) is 4.64. The zero-order valence-electron chi connectivity index (χ0n) is 20.5. The van der Waals surface area contributed by atoms with Gasteiger partial charge in [-0.15, -0.1) is 0 Å². The zero-order valence-corrected chi connectivity index (χ0v) is 22.0. The van der Waals surface area contributed by atoms with Gasteiger partial charge in [-0.25, -0.2) is 13.4 Å². The predicted molar refractivity (Wildman–Crippen MR) is 138 cm³/mol. The van der Waals surface area contributed by atoms with Crippen LogP contribution < -0.4 is 10.2 Å². The van der Waals surface area contributed by atoms with E-state index in [2.05, 4.69) is 29.0 Å². The van der Waals surface area contributed by atoms with Crippen molar-refractivity contribution < 1.29 is 17.9 Å². The molecule has 0 unspecified atom stereocenters. The number of halogens is 1. The molecule has 2 aromatic heterocycles. The molecule has 35 heavy (non-hydrogen) atoms. The van der Waals surface area contributed by atoms with E-state index >= 15 is 0 Å². The molecule has 1 N–H and O–H groups in total. The number of nitrogens with one attached hydrogen (secondary N) is 1. The lowest BCUT2D eigenvalue weighted by Gasteiger charge is -2.38. The Labute approximate surface area is 212 Å². The summed E-state index contributed by atoms with van der Waals surface area (Å²) in [6, 6.07) is 5.76. The molecule has 2 aliphatic rings. The molecule has 1 aliphatic carbocycles. The second kappa shape index (κ2) is 10.4. The first-order valence-corrected chi connectivity index (χ1v) is 14.5. The van der Waals surface area contributed by atoms with Gasteiger partial charge in [-0.2, -0.15) is 0 Å². The summed E-state index contributed by atoms with van der Waals surface area (Å²) in [4.78, 5) is 24.5. The van der Waals surface area contributed by atoms with E-state index in [-0.39, 0.29) is 5.78 Å². The van der Waals surface area contributed by atoms with Crippen LogP contribution in [0.1, 0.15) is 45.2 Å². The summed E-state index contributed by atoms with van der Waals surface area (Å²) < 4.78 is 29.2. The minimum Gasteiger partial charge on any atom is -0.381 e. The number of carbonyl (C=O) groups is 1. The third-order valence-electron chi connectivity index (χ3n) is 6.54. The number of rotatable bonds is 10. The molecular weight excluding hydrogens is 488 g/mol. The van der Waals surface area contributed by atoms with Crippen LogP contribution in [-0.4, -0.2) is 62.0 Å². The lowest BCUT2D eigenvalue weighted by atomic mass is 9.96. The summed E-state index contributed by atoms with van der Waals surface area (Å²) in [7, 11) is -3.42. The van der Waals surface area contributed by atoms with Crippen LogP contribution in [0, 0.1) is 5.92 Å². The van der Waals surface area contributed by atoms with Crippen LogP contribution in [0.15, 0.2) is 30.6 Å². The van der Waals surface area contributed by atoms with Crippen molar-refractivity contribution >= 4 is 44.4 Å². The van der Waals surface area contributed by atoms with Crippen molar-refractivity contribution in [1.29, 1.82) is 0 Å². The second-order valence-corrected chi connectivity index (χ2v) is 12.6. The van der Waals surface area contributed by atoms with E-state index in [9.17, 15) is 13.2 Å². The molecule has 190 valence electrons. The molecule has 2 aromatic rings. The van der Waals surface area contributed by atoms with Crippen molar-refractivity contribution in [2.75, 3.05) is 42.0 Å². The van der Waals surface area contributed by atoms with Gasteiger partial charge < -0.3 is 15.0 Å². The molecular formula is C25H33ClN4O4S. The summed E-state index contributed by atoms with van der Waals surface area (Å²) in [6.45, 7) is 6.65. The number of anilines is 3. The molecule has 1 aliphatic heterocycles. The van der Waals surface area contributed by atoms with Gasteiger partial charge >= 0.3 is 0 Å². The largest absolute Gasteiger partial charge is 0.381 e. The lowest BCUT2D eigenvalue weighted by molar-refractivity contribution is -0.119. The van der Waals surface area contributed by atoms with E-state index in [4.69, 9.17) is 21.3 Å². The summed E-state index contributed by atoms with van der Waals surface area (Å²) in [5.41, 5.74) is 1.48. The Morgan fingerprint density at radius 1 is 1.23 bits per heavy atom. The third kappa shape index (κ3) is 6.32. The highest BCUT2D eigenvalue weighted by atomic mass is 35.5. The first kappa shape index (κ1) is 25.9. The van der Waals surface area contributed by atoms with E-state index in [0.29, 0.717) is 41.3 Å². The van der Waals surface area contributed by atoms with Crippen molar-refractivity contribution in [1.82, 2.24) is 9.97 Å². The van der Waals surface area contributed by atoms with E-state index in [1.165, 1.54) is 0 Å². The van der Waals surface area contributed by atoms with Crippen molar-refractivity contribution in [3.05, 3.63) is 41.3 Å². The number of nitrogens with zero attached hydrogens (tertiary/aromatic N) is 3. The Morgan fingerprint density at radius 2 is 1.94 bits per heavy atom. The third-order valence-corrected chi connectivity index (χ3v) is 7.55. The van der Waals surface area contributed by atoms with Gasteiger partial charge in [-0.1, -0.05) is 25.4 Å². The molecule has 3 heterocycles. The smallest absolute Gasteiger partial charge is 0.159 e. The molecule has 8 nitrogen and oxygen atoms in total. The van der Waals surface area contributed by atoms with Gasteiger partial charge in [0.05, 0.1) is 33.7 Å². The Morgan fingerprint density at radius 3 is 2.51 bits per heavy atom. The van der Waals surface area contributed by atoms with Crippen LogP contribution in [0.25, 0.3) is 0 Å². The molecule has 0 aromatic carbocycles. The average Bonchev–Trinajstić information content (AvgIpc) is 3.61. The number of Topliss-reactive ketones (excluding diaryl/α,β-unsaturated/α-hetero) is 1. The number of ketones is 1. The Balaban J connectivity index is 1.75. The Hall–Kier alpha value is -2.23. The first-order valence-electron chi connectivity index (χ1n) is 12.0. The monoisotopic (exact) mass is 520 g/mol. The predicted octanol–water partition coefficient (Wildman–Crippen LogP) is 4.16. The van der Waals surface area contributed by atoms with Gasteiger partial charge in [0, 0.05) is 38.3 Å². The van der Waals surface area contributed by atoms with Crippen LogP contribution in [0.5, 0.6) is 0 Å². The minimum absolute atomic E-state index is 0.292. The van der Waals surface area contributed by atoms with E-state index in [1.54, 1.807) is 18.3 Å². The molecule has 0 bridgehead atoms. The summed E-state index contributed by atoms with van der Waals surface area (Å²) >= 11 is 6.03. The van der Waals surface area contributed by atoms with Gasteiger partial charge in [-0.3, -0.25) is 9.78 Å². The quantitative estimate of drug-likeness (QED) is 0.498. The van der Waals surface area contributed by atoms with Crippen molar-refractivity contribution in [2.45, 2.75) is 51.0 Å². The fourth-order valence-corrected chi connectivity index (χ4v) is 5.50. The first-order chi connectivity index (χ1) is 16.6. The van der Waals surface area contributed by atoms with Gasteiger partial charge in [0.15, 0.2) is 15.6 Å². The number of sulfone groups is 1. The molecule has 2 fully saturated rings. The van der Waals surface area contributed by atoms with Crippen LogP contribution in [-0.2, 0) is 24.8 Å². The zero-order chi connectivity index (χ0) is 25.2. The van der Waals surface area contributed by atoms with Crippen LogP contribution in [0.2, 0.25) is 5.02 Å². The highest BCUT2D eigenvalue weighted by Crippen LogP contribution is 2.50. The number of hydrogen-bond acceptors (Lipinski definition) is 8. The van der Waals surface area contributed by atoms with Gasteiger partial charge in [0.2, 0.25) is 0 Å². The second-order valence-electron chi connectivity index (χ2n) is 10.0. The molecule has 4 rings (SSSR count). The number of pyridine rings is 2. The SMILES string of the molecule is CC(C)CN(c1cnc(C2(C(=O)CS(C)(=O)=O)CC2)cc1Nc1ccc(Cl)cn1)C1CCOCC1. The van der Waals surface area contributed by atoms with Crippen molar-refractivity contribution in [3.63, 3.8) is 0 Å². The van der Waals surface area contributed by atoms with E-state index in [0.717, 1.165) is 50.2 Å². The standard InChI is InChI=1S/C25H33ClN4O4S/c1-17(2)15-30(19-6-10-34-11-7-19)21-14-27-22(25(8-9-25)23(31)16-35(3,32)33)12-20(21)29-24-5-4-18(26)13-28-24/h4-5,12-14,17,19H,6-11,15-16H2,1-3H3,(H,27,28,29). The molecule has 0 spiro atoms. The molecule has 0 atom stereocenters. The number of carbonyl (C=O) groups excluding carboxylic acids is 1. The Kier molecular flexibility index (Phi) is 7.68. The van der Waals surface area contributed by atoms with Gasteiger partial charge in [-0.05, 0) is 49.8 Å². The normalized spacial score (nSPS) is 17.9. The number of ether oxygens (including phenoxy) is 1. The molecule has 10 heteroatoms. The number of hydrogen-bond donors (Lipinski definition) is 1. The van der Waals surface area contributed by atoms with Crippen LogP contribution in [0.3, 0.4) is 0 Å². The van der Waals surface area contributed by atoms with E-state index in [1.807, 2.05) is 12.3 Å².